The Morgan fingerprint density at radius 2 is 2.14 bits per heavy atom. The SMILES string of the molecule is NC(=NO)c1ncccc1CNc1ccc2c(c1)CCC2. The van der Waals surface area contributed by atoms with Crippen molar-refractivity contribution in [3.8, 4) is 0 Å². The minimum absolute atomic E-state index is 0.0290. The molecule has 0 unspecified atom stereocenters. The van der Waals surface area contributed by atoms with E-state index in [0.717, 1.165) is 17.7 Å². The lowest BCUT2D eigenvalue weighted by atomic mass is 10.1. The minimum atomic E-state index is 0.0290. The molecule has 0 saturated heterocycles. The fraction of sp³-hybridized carbons (Fsp3) is 0.250. The fourth-order valence-corrected chi connectivity index (χ4v) is 2.74. The number of nitrogens with one attached hydrogen (secondary N) is 1. The Balaban J connectivity index is 1.76. The van der Waals surface area contributed by atoms with Crippen molar-refractivity contribution in [1.82, 2.24) is 4.98 Å². The average molecular weight is 282 g/mol. The van der Waals surface area contributed by atoms with Gasteiger partial charge < -0.3 is 16.3 Å². The van der Waals surface area contributed by atoms with Crippen molar-refractivity contribution in [3.05, 3.63) is 58.9 Å². The van der Waals surface area contributed by atoms with E-state index in [2.05, 4.69) is 33.7 Å². The van der Waals surface area contributed by atoms with Crippen LogP contribution in [0.1, 0.15) is 28.8 Å². The van der Waals surface area contributed by atoms with E-state index in [4.69, 9.17) is 10.9 Å². The molecule has 0 radical (unpaired) electrons. The molecule has 2 aromatic rings. The molecule has 21 heavy (non-hydrogen) atoms. The molecule has 0 atom stereocenters. The van der Waals surface area contributed by atoms with Crippen LogP contribution in [0.25, 0.3) is 0 Å². The van der Waals surface area contributed by atoms with Crippen molar-refractivity contribution in [2.24, 2.45) is 10.9 Å². The Bertz CT molecular complexity index is 682. The molecule has 0 fully saturated rings. The van der Waals surface area contributed by atoms with Gasteiger partial charge in [0.05, 0.1) is 0 Å². The predicted octanol–water partition coefficient (Wildman–Crippen LogP) is 2.28. The van der Waals surface area contributed by atoms with Gasteiger partial charge in [0, 0.05) is 24.0 Å². The predicted molar refractivity (Wildman–Crippen MR) is 82.5 cm³/mol. The molecule has 1 aliphatic carbocycles. The molecule has 0 saturated carbocycles. The maximum atomic E-state index is 8.81. The van der Waals surface area contributed by atoms with Crippen LogP contribution in [0.15, 0.2) is 41.7 Å². The first kappa shape index (κ1) is 13.4. The lowest BCUT2D eigenvalue weighted by Gasteiger charge is -2.11. The first-order chi connectivity index (χ1) is 10.3. The second-order valence-corrected chi connectivity index (χ2v) is 5.19. The number of fused-ring (bicyclic) bond motifs is 1. The number of hydrogen-bond donors (Lipinski definition) is 3. The number of hydrogen-bond acceptors (Lipinski definition) is 4. The molecular formula is C16H18N4O. The molecule has 1 heterocycles. The first-order valence-corrected chi connectivity index (χ1v) is 7.05. The van der Waals surface area contributed by atoms with Gasteiger partial charge in [0.2, 0.25) is 0 Å². The molecule has 0 aliphatic heterocycles. The van der Waals surface area contributed by atoms with Crippen LogP contribution < -0.4 is 11.1 Å². The molecule has 3 rings (SSSR count). The van der Waals surface area contributed by atoms with Crippen LogP contribution in [0.2, 0.25) is 0 Å². The van der Waals surface area contributed by atoms with Crippen molar-refractivity contribution >= 4 is 11.5 Å². The molecule has 1 aromatic heterocycles. The second kappa shape index (κ2) is 5.83. The number of rotatable bonds is 4. The van der Waals surface area contributed by atoms with Gasteiger partial charge >= 0.3 is 0 Å². The van der Waals surface area contributed by atoms with Gasteiger partial charge in [0.1, 0.15) is 5.69 Å². The summed E-state index contributed by atoms with van der Waals surface area (Å²) in [4.78, 5) is 4.16. The number of oxime groups is 1. The second-order valence-electron chi connectivity index (χ2n) is 5.19. The molecular weight excluding hydrogens is 264 g/mol. The third-order valence-electron chi connectivity index (χ3n) is 3.82. The van der Waals surface area contributed by atoms with Gasteiger partial charge in [-0.1, -0.05) is 17.3 Å². The first-order valence-electron chi connectivity index (χ1n) is 7.05. The zero-order valence-corrected chi connectivity index (χ0v) is 11.7. The summed E-state index contributed by atoms with van der Waals surface area (Å²) >= 11 is 0. The molecule has 0 spiro atoms. The Kier molecular flexibility index (Phi) is 3.73. The van der Waals surface area contributed by atoms with E-state index in [1.807, 2.05) is 12.1 Å². The quantitative estimate of drug-likeness (QED) is 0.348. The van der Waals surface area contributed by atoms with Crippen LogP contribution in [0, 0.1) is 0 Å². The van der Waals surface area contributed by atoms with Gasteiger partial charge in [-0.05, 0) is 48.6 Å². The van der Waals surface area contributed by atoms with Gasteiger partial charge in [-0.2, -0.15) is 0 Å². The summed E-state index contributed by atoms with van der Waals surface area (Å²) < 4.78 is 0. The number of pyridine rings is 1. The number of benzene rings is 1. The summed E-state index contributed by atoms with van der Waals surface area (Å²) in [5.74, 6) is 0.0290. The number of aryl methyl sites for hydroxylation is 2. The van der Waals surface area contributed by atoms with E-state index >= 15 is 0 Å². The number of amidine groups is 1. The van der Waals surface area contributed by atoms with Crippen molar-refractivity contribution in [2.75, 3.05) is 5.32 Å². The Labute approximate surface area is 123 Å². The van der Waals surface area contributed by atoms with E-state index < -0.39 is 0 Å². The highest BCUT2D eigenvalue weighted by molar-refractivity contribution is 5.96. The maximum absolute atomic E-state index is 8.81. The van der Waals surface area contributed by atoms with E-state index in [1.165, 1.54) is 24.0 Å². The van der Waals surface area contributed by atoms with E-state index in [-0.39, 0.29) is 5.84 Å². The Morgan fingerprint density at radius 3 is 3.00 bits per heavy atom. The largest absolute Gasteiger partial charge is 0.409 e. The topological polar surface area (TPSA) is 83.5 Å². The summed E-state index contributed by atoms with van der Waals surface area (Å²) in [5, 5.41) is 15.2. The highest BCUT2D eigenvalue weighted by atomic mass is 16.4. The van der Waals surface area contributed by atoms with Crippen LogP contribution in [-0.2, 0) is 19.4 Å². The van der Waals surface area contributed by atoms with Crippen LogP contribution in [0.4, 0.5) is 5.69 Å². The third kappa shape index (κ3) is 2.81. The number of nitrogens with zero attached hydrogens (tertiary/aromatic N) is 2. The molecule has 5 heteroatoms. The van der Waals surface area contributed by atoms with Crippen molar-refractivity contribution < 1.29 is 5.21 Å². The van der Waals surface area contributed by atoms with Crippen molar-refractivity contribution in [2.45, 2.75) is 25.8 Å². The molecule has 108 valence electrons. The molecule has 1 aromatic carbocycles. The van der Waals surface area contributed by atoms with Crippen molar-refractivity contribution in [1.29, 1.82) is 0 Å². The van der Waals surface area contributed by atoms with E-state index in [0.29, 0.717) is 12.2 Å². The smallest absolute Gasteiger partial charge is 0.189 e. The van der Waals surface area contributed by atoms with E-state index in [9.17, 15) is 0 Å². The lowest BCUT2D eigenvalue weighted by Crippen LogP contribution is -2.18. The zero-order chi connectivity index (χ0) is 14.7. The summed E-state index contributed by atoms with van der Waals surface area (Å²) in [5.41, 5.74) is 11.0. The zero-order valence-electron chi connectivity index (χ0n) is 11.7. The number of nitrogens with two attached hydrogens (primary N) is 1. The molecule has 1 aliphatic rings. The summed E-state index contributed by atoms with van der Waals surface area (Å²) in [6.07, 6.45) is 5.22. The van der Waals surface area contributed by atoms with Crippen molar-refractivity contribution in [3.63, 3.8) is 0 Å². The van der Waals surface area contributed by atoms with Crippen LogP contribution in [0.3, 0.4) is 0 Å². The van der Waals surface area contributed by atoms with Gasteiger partial charge in [0.25, 0.3) is 0 Å². The van der Waals surface area contributed by atoms with E-state index in [1.54, 1.807) is 6.20 Å². The Morgan fingerprint density at radius 1 is 1.29 bits per heavy atom. The molecule has 0 bridgehead atoms. The fourth-order valence-electron chi connectivity index (χ4n) is 2.74. The summed E-state index contributed by atoms with van der Waals surface area (Å²) in [7, 11) is 0. The molecule has 5 nitrogen and oxygen atoms in total. The third-order valence-corrected chi connectivity index (χ3v) is 3.82. The Hall–Kier alpha value is -2.56. The highest BCUT2D eigenvalue weighted by Gasteiger charge is 2.11. The van der Waals surface area contributed by atoms with Crippen LogP contribution in [-0.4, -0.2) is 16.0 Å². The standard InChI is InChI=1S/C16H18N4O/c17-16(20-21)15-13(5-2-8-18-15)10-19-14-7-6-11-3-1-4-12(11)9-14/h2,5-9,19,21H,1,3-4,10H2,(H2,17,20). The summed E-state index contributed by atoms with van der Waals surface area (Å²) in [6, 6.07) is 10.3. The van der Waals surface area contributed by atoms with Crippen LogP contribution in [0.5, 0.6) is 0 Å². The molecule has 0 amide bonds. The molecule has 4 N–H and O–H groups in total. The number of aromatic nitrogens is 1. The normalized spacial score (nSPS) is 14.0. The lowest BCUT2D eigenvalue weighted by molar-refractivity contribution is 0.318. The average Bonchev–Trinajstić information content (AvgIpc) is 3.00. The minimum Gasteiger partial charge on any atom is -0.409 e. The summed E-state index contributed by atoms with van der Waals surface area (Å²) in [6.45, 7) is 0.582. The van der Waals surface area contributed by atoms with Crippen LogP contribution >= 0.6 is 0 Å². The maximum Gasteiger partial charge on any atom is 0.189 e. The van der Waals surface area contributed by atoms with Gasteiger partial charge in [-0.3, -0.25) is 4.98 Å². The van der Waals surface area contributed by atoms with Gasteiger partial charge in [-0.15, -0.1) is 0 Å². The monoisotopic (exact) mass is 282 g/mol. The number of anilines is 1. The van der Waals surface area contributed by atoms with Gasteiger partial charge in [-0.25, -0.2) is 0 Å². The highest BCUT2D eigenvalue weighted by Crippen LogP contribution is 2.25. The van der Waals surface area contributed by atoms with Gasteiger partial charge in [0.15, 0.2) is 5.84 Å².